The van der Waals surface area contributed by atoms with Crippen molar-refractivity contribution in [3.05, 3.63) is 60.2 Å². The van der Waals surface area contributed by atoms with Crippen LogP contribution in [0.2, 0.25) is 0 Å². The SMILES string of the molecule is CC(C)(C)c1ccc(ONc2ccccc2)cc1. The Balaban J connectivity index is 1.99. The Labute approximate surface area is 109 Å². The summed E-state index contributed by atoms with van der Waals surface area (Å²) in [6.45, 7) is 6.60. The molecule has 0 bridgehead atoms. The van der Waals surface area contributed by atoms with Crippen molar-refractivity contribution in [3.8, 4) is 5.75 Å². The quantitative estimate of drug-likeness (QED) is 0.805. The number of anilines is 1. The molecule has 2 aromatic carbocycles. The number of benzene rings is 2. The van der Waals surface area contributed by atoms with E-state index < -0.39 is 0 Å². The van der Waals surface area contributed by atoms with Gasteiger partial charge in [0.1, 0.15) is 0 Å². The van der Waals surface area contributed by atoms with Crippen LogP contribution in [0.3, 0.4) is 0 Å². The van der Waals surface area contributed by atoms with E-state index in [-0.39, 0.29) is 5.41 Å². The minimum Gasteiger partial charge on any atom is -0.382 e. The third-order valence-electron chi connectivity index (χ3n) is 2.78. The van der Waals surface area contributed by atoms with Gasteiger partial charge < -0.3 is 4.84 Å². The average molecular weight is 241 g/mol. The number of hydrogen-bond acceptors (Lipinski definition) is 2. The highest BCUT2D eigenvalue weighted by molar-refractivity contribution is 5.41. The third kappa shape index (κ3) is 3.27. The maximum atomic E-state index is 5.51. The van der Waals surface area contributed by atoms with E-state index in [4.69, 9.17) is 4.84 Å². The topological polar surface area (TPSA) is 21.3 Å². The number of para-hydroxylation sites is 1. The summed E-state index contributed by atoms with van der Waals surface area (Å²) in [6, 6.07) is 18.0. The van der Waals surface area contributed by atoms with Crippen LogP contribution >= 0.6 is 0 Å². The van der Waals surface area contributed by atoms with Gasteiger partial charge in [-0.3, -0.25) is 0 Å². The lowest BCUT2D eigenvalue weighted by Gasteiger charge is -2.19. The molecular weight excluding hydrogens is 222 g/mol. The summed E-state index contributed by atoms with van der Waals surface area (Å²) in [5.74, 6) is 0.812. The molecule has 0 aromatic heterocycles. The Kier molecular flexibility index (Phi) is 3.56. The first-order valence-electron chi connectivity index (χ1n) is 6.14. The highest BCUT2D eigenvalue weighted by Gasteiger charge is 2.12. The predicted octanol–water partition coefficient (Wildman–Crippen LogP) is 4.39. The number of rotatable bonds is 3. The van der Waals surface area contributed by atoms with Crippen LogP contribution in [0.1, 0.15) is 26.3 Å². The fraction of sp³-hybridized carbons (Fsp3) is 0.250. The van der Waals surface area contributed by atoms with Crippen LogP contribution in [0.5, 0.6) is 5.75 Å². The lowest BCUT2D eigenvalue weighted by molar-refractivity contribution is 0.404. The van der Waals surface area contributed by atoms with E-state index in [1.807, 2.05) is 42.5 Å². The van der Waals surface area contributed by atoms with Crippen LogP contribution in [0.4, 0.5) is 5.69 Å². The molecule has 2 nitrogen and oxygen atoms in total. The standard InChI is InChI=1S/C16H19NO/c1-16(2,3)13-9-11-15(12-10-13)18-17-14-7-5-4-6-8-14/h4-12,17H,1-3H3. The Morgan fingerprint density at radius 2 is 1.44 bits per heavy atom. The van der Waals surface area contributed by atoms with Crippen molar-refractivity contribution >= 4 is 5.69 Å². The van der Waals surface area contributed by atoms with E-state index in [1.165, 1.54) is 5.56 Å². The molecule has 18 heavy (non-hydrogen) atoms. The molecule has 0 saturated carbocycles. The molecule has 0 aliphatic heterocycles. The predicted molar refractivity (Wildman–Crippen MR) is 75.8 cm³/mol. The molecule has 0 amide bonds. The van der Waals surface area contributed by atoms with Gasteiger partial charge >= 0.3 is 0 Å². The Bertz CT molecular complexity index is 483. The molecule has 0 heterocycles. The molecule has 2 aromatic rings. The first-order valence-corrected chi connectivity index (χ1v) is 6.14. The molecule has 2 heteroatoms. The zero-order chi connectivity index (χ0) is 13.0. The lowest BCUT2D eigenvalue weighted by Crippen LogP contribution is -2.11. The van der Waals surface area contributed by atoms with E-state index in [1.54, 1.807) is 0 Å². The monoisotopic (exact) mass is 241 g/mol. The van der Waals surface area contributed by atoms with Crippen LogP contribution in [0.25, 0.3) is 0 Å². The summed E-state index contributed by atoms with van der Waals surface area (Å²) in [7, 11) is 0. The van der Waals surface area contributed by atoms with Gasteiger partial charge in [0.05, 0.1) is 5.69 Å². The van der Waals surface area contributed by atoms with E-state index in [9.17, 15) is 0 Å². The molecule has 94 valence electrons. The Morgan fingerprint density at radius 3 is 2.00 bits per heavy atom. The van der Waals surface area contributed by atoms with Gasteiger partial charge in [-0.2, -0.15) is 0 Å². The fourth-order valence-electron chi connectivity index (χ4n) is 1.65. The van der Waals surface area contributed by atoms with Gasteiger partial charge in [0.25, 0.3) is 0 Å². The lowest BCUT2D eigenvalue weighted by atomic mass is 9.87. The van der Waals surface area contributed by atoms with Gasteiger partial charge in [-0.15, -0.1) is 0 Å². The van der Waals surface area contributed by atoms with Crippen molar-refractivity contribution in [1.82, 2.24) is 0 Å². The second-order valence-electron chi connectivity index (χ2n) is 5.34. The molecule has 0 unspecified atom stereocenters. The minimum absolute atomic E-state index is 0.172. The fourth-order valence-corrected chi connectivity index (χ4v) is 1.65. The number of nitrogens with one attached hydrogen (secondary N) is 1. The van der Waals surface area contributed by atoms with Crippen molar-refractivity contribution in [3.63, 3.8) is 0 Å². The van der Waals surface area contributed by atoms with Crippen molar-refractivity contribution in [2.45, 2.75) is 26.2 Å². The molecular formula is C16H19NO. The molecule has 2 rings (SSSR count). The smallest absolute Gasteiger partial charge is 0.155 e. The van der Waals surface area contributed by atoms with Crippen molar-refractivity contribution in [2.24, 2.45) is 0 Å². The second kappa shape index (κ2) is 5.13. The summed E-state index contributed by atoms with van der Waals surface area (Å²) < 4.78 is 0. The van der Waals surface area contributed by atoms with Gasteiger partial charge in [-0.05, 0) is 35.2 Å². The van der Waals surface area contributed by atoms with Crippen LogP contribution in [-0.4, -0.2) is 0 Å². The summed E-state index contributed by atoms with van der Waals surface area (Å²) in [6.07, 6.45) is 0. The minimum atomic E-state index is 0.172. The van der Waals surface area contributed by atoms with E-state index in [0.717, 1.165) is 11.4 Å². The van der Waals surface area contributed by atoms with Crippen LogP contribution in [-0.2, 0) is 5.41 Å². The molecule has 0 aliphatic carbocycles. The molecule has 0 aliphatic rings. The van der Waals surface area contributed by atoms with E-state index >= 15 is 0 Å². The maximum absolute atomic E-state index is 5.51. The summed E-state index contributed by atoms with van der Waals surface area (Å²) >= 11 is 0. The second-order valence-corrected chi connectivity index (χ2v) is 5.34. The summed E-state index contributed by atoms with van der Waals surface area (Å²) in [5.41, 5.74) is 5.33. The van der Waals surface area contributed by atoms with Gasteiger partial charge in [-0.1, -0.05) is 51.1 Å². The number of hydrogen-bond donors (Lipinski definition) is 1. The van der Waals surface area contributed by atoms with E-state index in [0.29, 0.717) is 0 Å². The molecule has 0 atom stereocenters. The summed E-state index contributed by atoms with van der Waals surface area (Å²) in [5, 5.41) is 0. The van der Waals surface area contributed by atoms with Crippen molar-refractivity contribution in [1.29, 1.82) is 0 Å². The molecule has 0 saturated heterocycles. The van der Waals surface area contributed by atoms with Crippen molar-refractivity contribution < 1.29 is 4.84 Å². The van der Waals surface area contributed by atoms with Gasteiger partial charge in [-0.25, -0.2) is 5.48 Å². The third-order valence-corrected chi connectivity index (χ3v) is 2.78. The normalized spacial score (nSPS) is 11.1. The van der Waals surface area contributed by atoms with Crippen LogP contribution in [0, 0.1) is 0 Å². The largest absolute Gasteiger partial charge is 0.382 e. The van der Waals surface area contributed by atoms with Crippen LogP contribution < -0.4 is 10.3 Å². The summed E-state index contributed by atoms with van der Waals surface area (Å²) in [4.78, 5) is 5.51. The van der Waals surface area contributed by atoms with Gasteiger partial charge in [0, 0.05) is 0 Å². The van der Waals surface area contributed by atoms with Gasteiger partial charge in [0.2, 0.25) is 0 Å². The van der Waals surface area contributed by atoms with E-state index in [2.05, 4.69) is 38.4 Å². The molecule has 0 radical (unpaired) electrons. The Hall–Kier alpha value is -1.96. The van der Waals surface area contributed by atoms with Crippen molar-refractivity contribution in [2.75, 3.05) is 5.48 Å². The maximum Gasteiger partial charge on any atom is 0.155 e. The highest BCUT2D eigenvalue weighted by Crippen LogP contribution is 2.24. The first kappa shape index (κ1) is 12.5. The first-order chi connectivity index (χ1) is 8.55. The Morgan fingerprint density at radius 1 is 0.833 bits per heavy atom. The molecule has 1 N–H and O–H groups in total. The van der Waals surface area contributed by atoms with Crippen LogP contribution in [0.15, 0.2) is 54.6 Å². The zero-order valence-electron chi connectivity index (χ0n) is 11.1. The molecule has 0 fully saturated rings. The zero-order valence-corrected chi connectivity index (χ0v) is 11.1. The average Bonchev–Trinajstić information content (AvgIpc) is 2.37. The van der Waals surface area contributed by atoms with Gasteiger partial charge in [0.15, 0.2) is 5.75 Å². The highest BCUT2D eigenvalue weighted by atomic mass is 16.6. The molecule has 0 spiro atoms.